The quantitative estimate of drug-likeness (QED) is 0.760. The third-order valence-electron chi connectivity index (χ3n) is 3.37. The Balaban J connectivity index is 2.60. The van der Waals surface area contributed by atoms with Gasteiger partial charge in [-0.05, 0) is 5.92 Å². The van der Waals surface area contributed by atoms with Crippen LogP contribution in [0, 0.1) is 5.92 Å². The molecule has 0 aromatic carbocycles. The molecule has 2 N–H and O–H groups in total. The van der Waals surface area contributed by atoms with Crippen LogP contribution in [-0.4, -0.2) is 35.7 Å². The van der Waals surface area contributed by atoms with E-state index in [9.17, 15) is 14.7 Å². The molecule has 1 saturated heterocycles. The molecule has 1 aliphatic heterocycles. The number of hydrogen-bond acceptors (Lipinski definition) is 3. The van der Waals surface area contributed by atoms with Gasteiger partial charge in [0.15, 0.2) is 0 Å². The van der Waals surface area contributed by atoms with Crippen molar-refractivity contribution in [3.63, 3.8) is 0 Å². The normalized spacial score (nSPS) is 20.6. The maximum Gasteiger partial charge on any atom is 0.329 e. The number of hydrogen-bond donors (Lipinski definition) is 2. The summed E-state index contributed by atoms with van der Waals surface area (Å²) in [7, 11) is 0. The van der Waals surface area contributed by atoms with Crippen molar-refractivity contribution in [3.8, 4) is 0 Å². The van der Waals surface area contributed by atoms with Crippen LogP contribution in [0.1, 0.15) is 39.5 Å². The lowest BCUT2D eigenvalue weighted by atomic mass is 9.89. The predicted molar refractivity (Wildman–Crippen MR) is 62.6 cm³/mol. The minimum atomic E-state index is -1.12. The lowest BCUT2D eigenvalue weighted by molar-refractivity contribution is -0.152. The van der Waals surface area contributed by atoms with E-state index in [1.165, 1.54) is 0 Å². The van der Waals surface area contributed by atoms with Gasteiger partial charge >= 0.3 is 5.97 Å². The number of rotatable bonds is 5. The monoisotopic (exact) mass is 243 g/mol. The summed E-state index contributed by atoms with van der Waals surface area (Å²) in [5, 5.41) is 11.9. The molecule has 0 aromatic rings. The summed E-state index contributed by atoms with van der Waals surface area (Å²) < 4.78 is 5.14. The highest BCUT2D eigenvalue weighted by Crippen LogP contribution is 2.21. The molecular weight excluding hydrogens is 222 g/mol. The summed E-state index contributed by atoms with van der Waals surface area (Å²) in [5.41, 5.74) is -1.12. The largest absolute Gasteiger partial charge is 0.480 e. The Morgan fingerprint density at radius 3 is 2.47 bits per heavy atom. The van der Waals surface area contributed by atoms with E-state index in [2.05, 4.69) is 5.32 Å². The van der Waals surface area contributed by atoms with E-state index in [-0.39, 0.29) is 11.8 Å². The molecule has 98 valence electrons. The predicted octanol–water partition coefficient (Wildman–Crippen LogP) is 1.17. The molecule has 5 nitrogen and oxygen atoms in total. The Labute approximate surface area is 102 Å². The number of carbonyl (C=O) groups excluding carboxylic acids is 1. The van der Waals surface area contributed by atoms with Gasteiger partial charge in [0.25, 0.3) is 0 Å². The molecule has 1 atom stereocenters. The van der Waals surface area contributed by atoms with E-state index >= 15 is 0 Å². The van der Waals surface area contributed by atoms with E-state index in [4.69, 9.17) is 4.74 Å². The molecule has 1 fully saturated rings. The zero-order valence-electron chi connectivity index (χ0n) is 10.5. The molecule has 0 aliphatic carbocycles. The number of aliphatic carboxylic acids is 1. The average Bonchev–Trinajstić information content (AvgIpc) is 2.29. The van der Waals surface area contributed by atoms with Crippen molar-refractivity contribution in [3.05, 3.63) is 0 Å². The van der Waals surface area contributed by atoms with E-state index in [1.807, 2.05) is 13.8 Å². The van der Waals surface area contributed by atoms with Gasteiger partial charge in [-0.15, -0.1) is 0 Å². The van der Waals surface area contributed by atoms with Gasteiger partial charge < -0.3 is 15.2 Å². The van der Waals surface area contributed by atoms with Gasteiger partial charge in [-0.3, -0.25) is 4.79 Å². The molecule has 0 bridgehead atoms. The van der Waals surface area contributed by atoms with Crippen LogP contribution < -0.4 is 5.32 Å². The first-order valence-corrected chi connectivity index (χ1v) is 6.12. The molecule has 5 heteroatoms. The lowest BCUT2D eigenvalue weighted by Gasteiger charge is -2.34. The summed E-state index contributed by atoms with van der Waals surface area (Å²) in [4.78, 5) is 23.1. The number of carboxylic acids is 1. The van der Waals surface area contributed by atoms with Crippen molar-refractivity contribution in [1.29, 1.82) is 0 Å². The van der Waals surface area contributed by atoms with Crippen molar-refractivity contribution in [2.24, 2.45) is 5.92 Å². The number of amides is 1. The summed E-state index contributed by atoms with van der Waals surface area (Å²) in [6.45, 7) is 4.77. The Morgan fingerprint density at radius 2 is 2.00 bits per heavy atom. The molecule has 1 aliphatic rings. The van der Waals surface area contributed by atoms with Gasteiger partial charge in [0.2, 0.25) is 5.91 Å². The first kappa shape index (κ1) is 14.0. The second kappa shape index (κ2) is 6.00. The highest BCUT2D eigenvalue weighted by atomic mass is 16.5. The molecule has 1 amide bonds. The number of nitrogens with one attached hydrogen (secondary N) is 1. The maximum absolute atomic E-state index is 11.8. The smallest absolute Gasteiger partial charge is 0.329 e. The fraction of sp³-hybridized carbons (Fsp3) is 0.833. The average molecular weight is 243 g/mol. The minimum Gasteiger partial charge on any atom is -0.480 e. The van der Waals surface area contributed by atoms with Gasteiger partial charge in [0, 0.05) is 32.5 Å². The van der Waals surface area contributed by atoms with Gasteiger partial charge in [-0.1, -0.05) is 20.3 Å². The number of carbonyl (C=O) groups is 2. The van der Waals surface area contributed by atoms with Crippen molar-refractivity contribution in [1.82, 2.24) is 5.32 Å². The lowest BCUT2D eigenvalue weighted by Crippen LogP contribution is -2.57. The second-order valence-corrected chi connectivity index (χ2v) is 4.77. The summed E-state index contributed by atoms with van der Waals surface area (Å²) in [6.07, 6.45) is 1.98. The van der Waals surface area contributed by atoms with Crippen molar-refractivity contribution in [2.45, 2.75) is 45.1 Å². The first-order chi connectivity index (χ1) is 8.00. The van der Waals surface area contributed by atoms with Crippen molar-refractivity contribution < 1.29 is 19.4 Å². The Hall–Kier alpha value is -1.10. The molecule has 0 saturated carbocycles. The second-order valence-electron chi connectivity index (χ2n) is 4.77. The molecule has 1 unspecified atom stereocenters. The van der Waals surface area contributed by atoms with E-state index in [1.54, 1.807) is 0 Å². The van der Waals surface area contributed by atoms with Crippen LogP contribution in [0.3, 0.4) is 0 Å². The standard InChI is InChI=1S/C12H21NO4/c1-3-9(2)8-10(14)13-12(11(15)16)4-6-17-7-5-12/h9H,3-8H2,1-2H3,(H,13,14)(H,15,16). The zero-order valence-corrected chi connectivity index (χ0v) is 10.5. The molecule has 0 radical (unpaired) electrons. The van der Waals surface area contributed by atoms with E-state index in [0.29, 0.717) is 32.5 Å². The third kappa shape index (κ3) is 3.70. The molecule has 1 heterocycles. The number of ether oxygens (including phenoxy) is 1. The third-order valence-corrected chi connectivity index (χ3v) is 3.37. The van der Waals surface area contributed by atoms with Crippen molar-refractivity contribution >= 4 is 11.9 Å². The van der Waals surface area contributed by atoms with Crippen LogP contribution in [0.4, 0.5) is 0 Å². The zero-order chi connectivity index (χ0) is 12.9. The summed E-state index contributed by atoms with van der Waals surface area (Å²) in [6, 6.07) is 0. The maximum atomic E-state index is 11.8. The van der Waals surface area contributed by atoms with Crippen LogP contribution in [0.25, 0.3) is 0 Å². The van der Waals surface area contributed by atoms with Gasteiger partial charge in [0.05, 0.1) is 0 Å². The van der Waals surface area contributed by atoms with Crippen LogP contribution >= 0.6 is 0 Å². The van der Waals surface area contributed by atoms with E-state index in [0.717, 1.165) is 6.42 Å². The van der Waals surface area contributed by atoms with Crippen LogP contribution in [0.5, 0.6) is 0 Å². The highest BCUT2D eigenvalue weighted by Gasteiger charge is 2.41. The molecule has 17 heavy (non-hydrogen) atoms. The first-order valence-electron chi connectivity index (χ1n) is 6.12. The van der Waals surface area contributed by atoms with Gasteiger partial charge in [0.1, 0.15) is 5.54 Å². The van der Waals surface area contributed by atoms with Gasteiger partial charge in [-0.2, -0.15) is 0 Å². The highest BCUT2D eigenvalue weighted by molar-refractivity contribution is 5.87. The Kier molecular flexibility index (Phi) is 4.93. The summed E-state index contributed by atoms with van der Waals surface area (Å²) >= 11 is 0. The fourth-order valence-corrected chi connectivity index (χ4v) is 1.89. The Bertz CT molecular complexity index is 284. The van der Waals surface area contributed by atoms with Crippen LogP contribution in [-0.2, 0) is 14.3 Å². The molecule has 1 rings (SSSR count). The minimum absolute atomic E-state index is 0.177. The van der Waals surface area contributed by atoms with Crippen LogP contribution in [0.15, 0.2) is 0 Å². The van der Waals surface area contributed by atoms with Crippen molar-refractivity contribution in [2.75, 3.05) is 13.2 Å². The van der Waals surface area contributed by atoms with E-state index < -0.39 is 11.5 Å². The molecule has 0 aromatic heterocycles. The van der Waals surface area contributed by atoms with Gasteiger partial charge in [-0.25, -0.2) is 4.79 Å². The summed E-state index contributed by atoms with van der Waals surface area (Å²) in [5.74, 6) is -0.859. The Morgan fingerprint density at radius 1 is 1.41 bits per heavy atom. The van der Waals surface area contributed by atoms with Crippen LogP contribution in [0.2, 0.25) is 0 Å². The molecular formula is C12H21NO4. The number of carboxylic acid groups (broad SMARTS) is 1. The SMILES string of the molecule is CCC(C)CC(=O)NC1(C(=O)O)CCOCC1. The topological polar surface area (TPSA) is 75.6 Å². The fourth-order valence-electron chi connectivity index (χ4n) is 1.89. The molecule has 0 spiro atoms.